The Bertz CT molecular complexity index is 410. The van der Waals surface area contributed by atoms with Gasteiger partial charge >= 0.3 is 0 Å². The Labute approximate surface area is 93.8 Å². The lowest BCUT2D eigenvalue weighted by molar-refractivity contribution is 0.312. The Kier molecular flexibility index (Phi) is 3.37. The molecule has 1 aromatic carbocycles. The first-order valence-corrected chi connectivity index (χ1v) is 5.35. The number of benzene rings is 1. The molecule has 0 heterocycles. The van der Waals surface area contributed by atoms with E-state index in [4.69, 9.17) is 10.00 Å². The largest absolute Gasteiger partial charge is 0.492 e. The van der Waals surface area contributed by atoms with E-state index in [-0.39, 0.29) is 5.56 Å². The van der Waals surface area contributed by atoms with E-state index >= 15 is 0 Å². The van der Waals surface area contributed by atoms with E-state index in [1.807, 2.05) is 0 Å². The van der Waals surface area contributed by atoms with Crippen LogP contribution in [0, 0.1) is 17.1 Å². The van der Waals surface area contributed by atoms with Gasteiger partial charge < -0.3 is 10.1 Å². The third kappa shape index (κ3) is 2.94. The van der Waals surface area contributed by atoms with Crippen molar-refractivity contribution in [2.24, 2.45) is 0 Å². The highest BCUT2D eigenvalue weighted by Gasteiger charge is 2.19. The number of nitrogens with zero attached hydrogens (tertiary/aromatic N) is 1. The lowest BCUT2D eigenvalue weighted by Crippen LogP contribution is -2.22. The Morgan fingerprint density at radius 3 is 2.94 bits per heavy atom. The van der Waals surface area contributed by atoms with Crippen molar-refractivity contribution in [1.29, 1.82) is 5.26 Å². The monoisotopic (exact) mass is 220 g/mol. The van der Waals surface area contributed by atoms with Crippen LogP contribution in [-0.2, 0) is 0 Å². The zero-order valence-electron chi connectivity index (χ0n) is 8.87. The summed E-state index contributed by atoms with van der Waals surface area (Å²) in [6.45, 7) is 1.29. The number of halogens is 1. The summed E-state index contributed by atoms with van der Waals surface area (Å²) in [5, 5.41) is 11.8. The van der Waals surface area contributed by atoms with E-state index in [1.165, 1.54) is 25.0 Å². The van der Waals surface area contributed by atoms with Crippen LogP contribution in [0.15, 0.2) is 18.2 Å². The molecule has 1 fully saturated rings. The number of nitrogens with one attached hydrogen (secondary N) is 1. The van der Waals surface area contributed by atoms with Crippen LogP contribution in [-0.4, -0.2) is 19.2 Å². The van der Waals surface area contributed by atoms with E-state index in [0.29, 0.717) is 18.4 Å². The molecule has 1 aromatic rings. The third-order valence-electron chi connectivity index (χ3n) is 2.44. The highest BCUT2D eigenvalue weighted by Crippen LogP contribution is 2.18. The fourth-order valence-electron chi connectivity index (χ4n) is 1.40. The van der Waals surface area contributed by atoms with Crippen LogP contribution in [0.25, 0.3) is 0 Å². The quantitative estimate of drug-likeness (QED) is 0.770. The highest BCUT2D eigenvalue weighted by atomic mass is 19.1. The van der Waals surface area contributed by atoms with Crippen molar-refractivity contribution in [3.63, 3.8) is 0 Å². The second-order valence-corrected chi connectivity index (χ2v) is 3.83. The second kappa shape index (κ2) is 4.95. The number of ether oxygens (including phenoxy) is 1. The molecule has 0 aliphatic heterocycles. The fourth-order valence-corrected chi connectivity index (χ4v) is 1.40. The molecule has 4 heteroatoms. The van der Waals surface area contributed by atoms with Gasteiger partial charge in [-0.1, -0.05) is 0 Å². The lowest BCUT2D eigenvalue weighted by atomic mass is 10.2. The molecule has 0 bridgehead atoms. The molecule has 0 radical (unpaired) electrons. The van der Waals surface area contributed by atoms with Gasteiger partial charge in [0.1, 0.15) is 24.2 Å². The number of hydrogen-bond acceptors (Lipinski definition) is 3. The van der Waals surface area contributed by atoms with Crippen molar-refractivity contribution in [1.82, 2.24) is 5.32 Å². The minimum Gasteiger partial charge on any atom is -0.492 e. The van der Waals surface area contributed by atoms with Gasteiger partial charge in [-0.05, 0) is 25.0 Å². The maximum Gasteiger partial charge on any atom is 0.144 e. The normalized spacial score (nSPS) is 14.5. The van der Waals surface area contributed by atoms with Gasteiger partial charge in [0.05, 0.1) is 5.56 Å². The maximum absolute atomic E-state index is 13.2. The summed E-state index contributed by atoms with van der Waals surface area (Å²) < 4.78 is 18.5. The maximum atomic E-state index is 13.2. The first-order chi connectivity index (χ1) is 7.79. The fraction of sp³-hybridized carbons (Fsp3) is 0.417. The second-order valence-electron chi connectivity index (χ2n) is 3.83. The summed E-state index contributed by atoms with van der Waals surface area (Å²) in [7, 11) is 0. The average Bonchev–Trinajstić information content (AvgIpc) is 3.08. The third-order valence-corrected chi connectivity index (χ3v) is 2.44. The van der Waals surface area contributed by atoms with Gasteiger partial charge in [-0.2, -0.15) is 5.26 Å². The molecule has 1 aliphatic rings. The van der Waals surface area contributed by atoms with Crippen molar-refractivity contribution >= 4 is 0 Å². The van der Waals surface area contributed by atoms with Gasteiger partial charge in [0.25, 0.3) is 0 Å². The lowest BCUT2D eigenvalue weighted by Gasteiger charge is -2.07. The van der Waals surface area contributed by atoms with Crippen LogP contribution in [0.2, 0.25) is 0 Å². The summed E-state index contributed by atoms with van der Waals surface area (Å²) in [6.07, 6.45) is 2.48. The minimum absolute atomic E-state index is 0.0449. The molecular weight excluding hydrogens is 207 g/mol. The van der Waals surface area contributed by atoms with Crippen LogP contribution in [0.3, 0.4) is 0 Å². The topological polar surface area (TPSA) is 45.0 Å². The molecule has 1 saturated carbocycles. The standard InChI is InChI=1S/C12H13FN2O/c13-12-7-11(4-1-9(12)8-14)16-6-5-15-10-2-3-10/h1,4,7,10,15H,2-3,5-6H2. The number of hydrogen-bond donors (Lipinski definition) is 1. The van der Waals surface area contributed by atoms with Crippen molar-refractivity contribution in [2.45, 2.75) is 18.9 Å². The SMILES string of the molecule is N#Cc1ccc(OCCNC2CC2)cc1F. The zero-order valence-corrected chi connectivity index (χ0v) is 8.87. The van der Waals surface area contributed by atoms with Crippen LogP contribution in [0.1, 0.15) is 18.4 Å². The van der Waals surface area contributed by atoms with Crippen molar-refractivity contribution in [3.8, 4) is 11.8 Å². The molecule has 1 N–H and O–H groups in total. The van der Waals surface area contributed by atoms with Gasteiger partial charge in [-0.25, -0.2) is 4.39 Å². The Hall–Kier alpha value is -1.60. The van der Waals surface area contributed by atoms with E-state index < -0.39 is 5.82 Å². The molecule has 2 rings (SSSR count). The average molecular weight is 220 g/mol. The molecule has 0 amide bonds. The highest BCUT2D eigenvalue weighted by molar-refractivity contribution is 5.36. The van der Waals surface area contributed by atoms with E-state index in [1.54, 1.807) is 12.1 Å². The van der Waals surface area contributed by atoms with Crippen LogP contribution in [0.5, 0.6) is 5.75 Å². The smallest absolute Gasteiger partial charge is 0.144 e. The molecule has 0 atom stereocenters. The Morgan fingerprint density at radius 2 is 2.31 bits per heavy atom. The van der Waals surface area contributed by atoms with E-state index in [0.717, 1.165) is 6.54 Å². The molecule has 1 aliphatic carbocycles. The summed E-state index contributed by atoms with van der Waals surface area (Å²) in [6, 6.07) is 6.71. The molecule has 0 saturated heterocycles. The van der Waals surface area contributed by atoms with Gasteiger partial charge in [-0.15, -0.1) is 0 Å². The molecular formula is C12H13FN2O. The summed E-state index contributed by atoms with van der Waals surface area (Å²) in [5.74, 6) is -0.0655. The molecule has 16 heavy (non-hydrogen) atoms. The Morgan fingerprint density at radius 1 is 1.50 bits per heavy atom. The van der Waals surface area contributed by atoms with Gasteiger partial charge in [0.15, 0.2) is 0 Å². The summed E-state index contributed by atoms with van der Waals surface area (Å²) >= 11 is 0. The summed E-state index contributed by atoms with van der Waals surface area (Å²) in [4.78, 5) is 0. The molecule has 84 valence electrons. The van der Waals surface area contributed by atoms with Crippen molar-refractivity contribution in [3.05, 3.63) is 29.6 Å². The summed E-state index contributed by atoms with van der Waals surface area (Å²) in [5.41, 5.74) is 0.0449. The van der Waals surface area contributed by atoms with Crippen molar-refractivity contribution < 1.29 is 9.13 Å². The number of nitriles is 1. The molecule has 0 aromatic heterocycles. The molecule has 3 nitrogen and oxygen atoms in total. The van der Waals surface area contributed by atoms with Crippen LogP contribution < -0.4 is 10.1 Å². The van der Waals surface area contributed by atoms with Gasteiger partial charge in [-0.3, -0.25) is 0 Å². The van der Waals surface area contributed by atoms with Gasteiger partial charge in [0, 0.05) is 18.7 Å². The van der Waals surface area contributed by atoms with Crippen LogP contribution >= 0.6 is 0 Å². The first kappa shape index (κ1) is 10.9. The van der Waals surface area contributed by atoms with E-state index in [2.05, 4.69) is 5.32 Å². The predicted molar refractivity (Wildman–Crippen MR) is 57.6 cm³/mol. The van der Waals surface area contributed by atoms with E-state index in [9.17, 15) is 4.39 Å². The van der Waals surface area contributed by atoms with Crippen LogP contribution in [0.4, 0.5) is 4.39 Å². The molecule has 0 unspecified atom stereocenters. The first-order valence-electron chi connectivity index (χ1n) is 5.35. The molecule has 0 spiro atoms. The van der Waals surface area contributed by atoms with Crippen molar-refractivity contribution in [2.75, 3.05) is 13.2 Å². The van der Waals surface area contributed by atoms with Gasteiger partial charge in [0.2, 0.25) is 0 Å². The predicted octanol–water partition coefficient (Wildman–Crippen LogP) is 1.83. The number of rotatable bonds is 5. The zero-order chi connectivity index (χ0) is 11.4. The minimum atomic E-state index is -0.532. The Balaban J connectivity index is 1.79.